The fourth-order valence-electron chi connectivity index (χ4n) is 2.13. The van der Waals surface area contributed by atoms with Crippen molar-refractivity contribution in [2.24, 2.45) is 11.3 Å². The van der Waals surface area contributed by atoms with Crippen LogP contribution < -0.4 is 0 Å². The maximum atomic E-state index is 10.1. The van der Waals surface area contributed by atoms with E-state index in [0.717, 1.165) is 12.8 Å². The maximum Gasteiger partial charge on any atom is 0.154 e. The quantitative estimate of drug-likeness (QED) is 0.468. The summed E-state index contributed by atoms with van der Waals surface area (Å²) < 4.78 is 5.45. The molecule has 2 atom stereocenters. The molecule has 0 aromatic heterocycles. The predicted molar refractivity (Wildman–Crippen MR) is 75.3 cm³/mol. The first-order valence-electron chi connectivity index (χ1n) is 7.29. The van der Waals surface area contributed by atoms with Crippen molar-refractivity contribution in [3.63, 3.8) is 0 Å². The van der Waals surface area contributed by atoms with E-state index in [1.165, 1.54) is 12.8 Å². The molecule has 2 N–H and O–H groups in total. The predicted octanol–water partition coefficient (Wildman–Crippen LogP) is 3.33. The molecule has 0 aromatic rings. The van der Waals surface area contributed by atoms with Gasteiger partial charge in [-0.25, -0.2) is 0 Å². The number of hydrogen-bond acceptors (Lipinski definition) is 3. The Balaban J connectivity index is 3.85. The second-order valence-electron chi connectivity index (χ2n) is 6.29. The van der Waals surface area contributed by atoms with Gasteiger partial charge in [0.15, 0.2) is 6.29 Å². The second-order valence-corrected chi connectivity index (χ2v) is 6.29. The minimum Gasteiger partial charge on any atom is -0.392 e. The summed E-state index contributed by atoms with van der Waals surface area (Å²) >= 11 is 0. The lowest BCUT2D eigenvalue weighted by Gasteiger charge is -2.33. The summed E-state index contributed by atoms with van der Waals surface area (Å²) in [5.41, 5.74) is -0.321. The highest BCUT2D eigenvalue weighted by atomic mass is 16.6. The van der Waals surface area contributed by atoms with Gasteiger partial charge in [0.2, 0.25) is 0 Å². The molecule has 0 spiro atoms. The summed E-state index contributed by atoms with van der Waals surface area (Å²) in [4.78, 5) is 0. The second kappa shape index (κ2) is 8.89. The first kappa shape index (κ1) is 17.9. The van der Waals surface area contributed by atoms with Crippen LogP contribution >= 0.6 is 0 Å². The Kier molecular flexibility index (Phi) is 8.83. The fraction of sp³-hybridized carbons (Fsp3) is 1.00. The number of rotatable bonds is 10. The standard InChI is InChI=1S/C15H32O3/c1-6-7-8-9-10-13(16)18-11-15(4,5)14(17)12(2)3/h12-14,16-17H,6-11H2,1-5H3/t13-,14+/m0/s1. The molecular formula is C15H32O3. The zero-order valence-electron chi connectivity index (χ0n) is 12.8. The minimum atomic E-state index is -0.694. The van der Waals surface area contributed by atoms with E-state index in [-0.39, 0.29) is 11.3 Å². The Morgan fingerprint density at radius 2 is 1.67 bits per heavy atom. The van der Waals surface area contributed by atoms with Crippen LogP contribution in [0, 0.1) is 11.3 Å². The molecule has 0 heterocycles. The van der Waals surface area contributed by atoms with Gasteiger partial charge in [-0.1, -0.05) is 53.9 Å². The molecule has 0 aliphatic heterocycles. The average molecular weight is 260 g/mol. The molecule has 0 saturated carbocycles. The van der Waals surface area contributed by atoms with Crippen molar-refractivity contribution in [2.45, 2.75) is 79.1 Å². The number of aliphatic hydroxyl groups is 2. The number of hydrogen-bond donors (Lipinski definition) is 2. The molecule has 0 bridgehead atoms. The summed E-state index contributed by atoms with van der Waals surface area (Å²) in [6, 6.07) is 0. The van der Waals surface area contributed by atoms with Gasteiger partial charge < -0.3 is 14.9 Å². The Hall–Kier alpha value is -0.120. The van der Waals surface area contributed by atoms with Crippen molar-refractivity contribution in [3.05, 3.63) is 0 Å². The summed E-state index contributed by atoms with van der Waals surface area (Å²) in [7, 11) is 0. The van der Waals surface area contributed by atoms with Gasteiger partial charge in [0.25, 0.3) is 0 Å². The lowest BCUT2D eigenvalue weighted by Crippen LogP contribution is -2.38. The maximum absolute atomic E-state index is 10.1. The number of ether oxygens (including phenoxy) is 1. The van der Waals surface area contributed by atoms with E-state index in [9.17, 15) is 10.2 Å². The van der Waals surface area contributed by atoms with Crippen LogP contribution in [-0.4, -0.2) is 29.2 Å². The van der Waals surface area contributed by atoms with Crippen LogP contribution in [0.3, 0.4) is 0 Å². The molecule has 0 amide bonds. The topological polar surface area (TPSA) is 49.7 Å². The molecule has 0 aliphatic rings. The molecular weight excluding hydrogens is 228 g/mol. The van der Waals surface area contributed by atoms with Gasteiger partial charge >= 0.3 is 0 Å². The number of unbranched alkanes of at least 4 members (excludes halogenated alkanes) is 3. The SMILES string of the molecule is CCCCCC[C@@H](O)OCC(C)(C)[C@H](O)C(C)C. The van der Waals surface area contributed by atoms with Crippen molar-refractivity contribution in [3.8, 4) is 0 Å². The highest BCUT2D eigenvalue weighted by Gasteiger charge is 2.31. The molecule has 0 radical (unpaired) electrons. The normalized spacial score (nSPS) is 16.0. The van der Waals surface area contributed by atoms with Gasteiger partial charge in [0, 0.05) is 5.41 Å². The molecule has 0 saturated heterocycles. The van der Waals surface area contributed by atoms with Crippen molar-refractivity contribution < 1.29 is 14.9 Å². The summed E-state index contributed by atoms with van der Waals surface area (Å²) in [6.07, 6.45) is 4.14. The van der Waals surface area contributed by atoms with E-state index in [1.807, 2.05) is 27.7 Å². The van der Waals surface area contributed by atoms with Gasteiger partial charge in [-0.15, -0.1) is 0 Å². The zero-order chi connectivity index (χ0) is 14.2. The third-order valence-corrected chi connectivity index (χ3v) is 3.38. The van der Waals surface area contributed by atoms with Gasteiger partial charge in [-0.3, -0.25) is 0 Å². The average Bonchev–Trinajstić information content (AvgIpc) is 2.31. The van der Waals surface area contributed by atoms with E-state index in [2.05, 4.69) is 6.92 Å². The Morgan fingerprint density at radius 3 is 2.17 bits per heavy atom. The third kappa shape index (κ3) is 7.34. The smallest absolute Gasteiger partial charge is 0.154 e. The molecule has 3 nitrogen and oxygen atoms in total. The van der Waals surface area contributed by atoms with E-state index in [1.54, 1.807) is 0 Å². The largest absolute Gasteiger partial charge is 0.392 e. The van der Waals surface area contributed by atoms with Crippen molar-refractivity contribution in [1.29, 1.82) is 0 Å². The molecule has 0 unspecified atom stereocenters. The van der Waals surface area contributed by atoms with Crippen LogP contribution in [-0.2, 0) is 4.74 Å². The number of aliphatic hydroxyl groups excluding tert-OH is 2. The summed E-state index contributed by atoms with van der Waals surface area (Å²) in [6.45, 7) is 10.5. The molecule has 3 heteroatoms. The van der Waals surface area contributed by atoms with E-state index in [4.69, 9.17) is 4.74 Å². The van der Waals surface area contributed by atoms with Gasteiger partial charge in [0.1, 0.15) is 0 Å². The highest BCUT2D eigenvalue weighted by molar-refractivity contribution is 4.79. The monoisotopic (exact) mass is 260 g/mol. The van der Waals surface area contributed by atoms with Crippen LogP contribution in [0.4, 0.5) is 0 Å². The first-order chi connectivity index (χ1) is 8.31. The molecule has 0 rings (SSSR count). The van der Waals surface area contributed by atoms with E-state index in [0.29, 0.717) is 13.0 Å². The van der Waals surface area contributed by atoms with Crippen molar-refractivity contribution >= 4 is 0 Å². The molecule has 0 aromatic carbocycles. The fourth-order valence-corrected chi connectivity index (χ4v) is 2.13. The molecule has 0 aliphatic carbocycles. The highest BCUT2D eigenvalue weighted by Crippen LogP contribution is 2.27. The van der Waals surface area contributed by atoms with E-state index >= 15 is 0 Å². The lowest BCUT2D eigenvalue weighted by atomic mass is 9.81. The van der Waals surface area contributed by atoms with Crippen LogP contribution in [0.2, 0.25) is 0 Å². The summed E-state index contributed by atoms with van der Waals surface area (Å²) in [5.74, 6) is 0.199. The molecule has 18 heavy (non-hydrogen) atoms. The first-order valence-corrected chi connectivity index (χ1v) is 7.29. The van der Waals surface area contributed by atoms with Gasteiger partial charge in [-0.2, -0.15) is 0 Å². The Labute approximate surface area is 113 Å². The van der Waals surface area contributed by atoms with Crippen molar-refractivity contribution in [2.75, 3.05) is 6.61 Å². The van der Waals surface area contributed by atoms with Gasteiger partial charge in [-0.05, 0) is 18.8 Å². The zero-order valence-corrected chi connectivity index (χ0v) is 12.8. The third-order valence-electron chi connectivity index (χ3n) is 3.38. The van der Waals surface area contributed by atoms with Crippen molar-refractivity contribution in [1.82, 2.24) is 0 Å². The van der Waals surface area contributed by atoms with Crippen LogP contribution in [0.15, 0.2) is 0 Å². The van der Waals surface area contributed by atoms with Crippen LogP contribution in [0.5, 0.6) is 0 Å². The Morgan fingerprint density at radius 1 is 1.06 bits per heavy atom. The van der Waals surface area contributed by atoms with Gasteiger partial charge in [0.05, 0.1) is 12.7 Å². The Bertz CT molecular complexity index is 202. The van der Waals surface area contributed by atoms with Crippen LogP contribution in [0.1, 0.15) is 66.7 Å². The molecule has 110 valence electrons. The molecule has 0 fully saturated rings. The van der Waals surface area contributed by atoms with Crippen LogP contribution in [0.25, 0.3) is 0 Å². The lowest BCUT2D eigenvalue weighted by molar-refractivity contribution is -0.145. The minimum absolute atomic E-state index is 0.199. The van der Waals surface area contributed by atoms with E-state index < -0.39 is 12.4 Å². The summed E-state index contributed by atoms with van der Waals surface area (Å²) in [5, 5.41) is 19.8.